The zero-order valence-electron chi connectivity index (χ0n) is 11.6. The lowest BCUT2D eigenvalue weighted by Gasteiger charge is -2.15. The fourth-order valence-electron chi connectivity index (χ4n) is 2.18. The van der Waals surface area contributed by atoms with Gasteiger partial charge in [-0.15, -0.1) is 0 Å². The summed E-state index contributed by atoms with van der Waals surface area (Å²) < 4.78 is 0. The Balaban J connectivity index is 1.63. The van der Waals surface area contributed by atoms with Crippen LogP contribution in [0.25, 0.3) is 0 Å². The molecule has 1 aliphatic carbocycles. The predicted octanol–water partition coefficient (Wildman–Crippen LogP) is 2.33. The average Bonchev–Trinajstić information content (AvgIpc) is 3.12. The molecule has 0 atom stereocenters. The molecule has 2 rings (SSSR count). The molecule has 0 bridgehead atoms. The number of carbonyl (C=O) groups is 1. The quantitative estimate of drug-likeness (QED) is 0.741. The fourth-order valence-corrected chi connectivity index (χ4v) is 2.18. The molecule has 1 amide bonds. The van der Waals surface area contributed by atoms with Gasteiger partial charge in [0.15, 0.2) is 0 Å². The van der Waals surface area contributed by atoms with Crippen LogP contribution in [0, 0.1) is 5.92 Å². The van der Waals surface area contributed by atoms with Crippen molar-refractivity contribution in [1.29, 1.82) is 0 Å². The molecule has 1 aromatic rings. The molecular formula is C15H23N3O. The van der Waals surface area contributed by atoms with Gasteiger partial charge in [-0.05, 0) is 57.0 Å². The summed E-state index contributed by atoms with van der Waals surface area (Å²) in [6.45, 7) is 2.16. The Hall–Kier alpha value is -1.55. The Morgan fingerprint density at radius 1 is 1.47 bits per heavy atom. The molecule has 4 heteroatoms. The highest BCUT2D eigenvalue weighted by Gasteiger charge is 2.22. The summed E-state index contributed by atoms with van der Waals surface area (Å²) in [5.74, 6) is 0.969. The summed E-state index contributed by atoms with van der Waals surface area (Å²) in [6, 6.07) is 7.28. The number of nitrogens with one attached hydrogen (secondary N) is 1. The molecule has 0 aromatic heterocycles. The minimum Gasteiger partial charge on any atom is -0.399 e. The Bertz CT molecular complexity index is 429. The molecule has 0 aliphatic heterocycles. The van der Waals surface area contributed by atoms with Crippen molar-refractivity contribution in [2.75, 3.05) is 31.2 Å². The third-order valence-electron chi connectivity index (χ3n) is 3.38. The molecule has 0 unspecified atom stereocenters. The zero-order valence-corrected chi connectivity index (χ0v) is 11.6. The third kappa shape index (κ3) is 5.30. The number of benzene rings is 1. The van der Waals surface area contributed by atoms with Gasteiger partial charge in [-0.1, -0.05) is 6.07 Å². The van der Waals surface area contributed by atoms with Crippen LogP contribution in [-0.4, -0.2) is 30.9 Å². The van der Waals surface area contributed by atoms with E-state index in [-0.39, 0.29) is 5.91 Å². The van der Waals surface area contributed by atoms with Gasteiger partial charge < -0.3 is 16.0 Å². The van der Waals surface area contributed by atoms with Gasteiger partial charge in [0.25, 0.3) is 0 Å². The van der Waals surface area contributed by atoms with Crippen molar-refractivity contribution in [3.05, 3.63) is 24.3 Å². The molecule has 0 radical (unpaired) electrons. The van der Waals surface area contributed by atoms with Crippen molar-refractivity contribution in [2.45, 2.75) is 25.7 Å². The first-order valence-electron chi connectivity index (χ1n) is 6.97. The first-order chi connectivity index (χ1) is 9.13. The molecule has 0 heterocycles. The van der Waals surface area contributed by atoms with Crippen molar-refractivity contribution < 1.29 is 4.79 Å². The van der Waals surface area contributed by atoms with E-state index in [1.54, 1.807) is 6.07 Å². The number of nitrogens with two attached hydrogens (primary N) is 1. The molecule has 1 saturated carbocycles. The number of carbonyl (C=O) groups excluding carboxylic acids is 1. The van der Waals surface area contributed by atoms with Gasteiger partial charge in [-0.3, -0.25) is 4.79 Å². The van der Waals surface area contributed by atoms with E-state index < -0.39 is 0 Å². The predicted molar refractivity (Wildman–Crippen MR) is 78.9 cm³/mol. The molecule has 0 spiro atoms. The topological polar surface area (TPSA) is 58.4 Å². The number of rotatable bonds is 7. The minimum atomic E-state index is 0.0606. The van der Waals surface area contributed by atoms with Crippen LogP contribution in [0.2, 0.25) is 0 Å². The lowest BCUT2D eigenvalue weighted by Crippen LogP contribution is -2.23. The number of amides is 1. The molecular weight excluding hydrogens is 238 g/mol. The van der Waals surface area contributed by atoms with Crippen molar-refractivity contribution in [1.82, 2.24) is 4.90 Å². The highest BCUT2D eigenvalue weighted by atomic mass is 16.1. The van der Waals surface area contributed by atoms with E-state index in [1.807, 2.05) is 18.2 Å². The Labute approximate surface area is 115 Å². The van der Waals surface area contributed by atoms with E-state index >= 15 is 0 Å². The smallest absolute Gasteiger partial charge is 0.224 e. The maximum Gasteiger partial charge on any atom is 0.224 e. The van der Waals surface area contributed by atoms with Gasteiger partial charge in [-0.25, -0.2) is 0 Å². The molecule has 3 N–H and O–H groups in total. The number of anilines is 2. The standard InChI is InChI=1S/C15H23N3O/c1-18(11-12-7-8-12)9-3-6-15(19)17-14-5-2-4-13(16)10-14/h2,4-5,10,12H,3,6-9,11,16H2,1H3,(H,17,19). The lowest BCUT2D eigenvalue weighted by atomic mass is 10.2. The maximum absolute atomic E-state index is 11.8. The fraction of sp³-hybridized carbons (Fsp3) is 0.533. The summed E-state index contributed by atoms with van der Waals surface area (Å²) in [5, 5.41) is 2.87. The number of nitrogens with zero attached hydrogens (tertiary/aromatic N) is 1. The van der Waals surface area contributed by atoms with Gasteiger partial charge in [0, 0.05) is 24.3 Å². The molecule has 1 fully saturated rings. The van der Waals surface area contributed by atoms with Crippen molar-refractivity contribution in [3.8, 4) is 0 Å². The summed E-state index contributed by atoms with van der Waals surface area (Å²) >= 11 is 0. The summed E-state index contributed by atoms with van der Waals surface area (Å²) in [4.78, 5) is 14.1. The van der Waals surface area contributed by atoms with Gasteiger partial charge in [0.1, 0.15) is 0 Å². The van der Waals surface area contributed by atoms with Crippen LogP contribution >= 0.6 is 0 Å². The SMILES string of the molecule is CN(CCCC(=O)Nc1cccc(N)c1)CC1CC1. The van der Waals surface area contributed by atoms with E-state index in [0.29, 0.717) is 12.1 Å². The lowest BCUT2D eigenvalue weighted by molar-refractivity contribution is -0.116. The second-order valence-corrected chi connectivity index (χ2v) is 5.48. The zero-order chi connectivity index (χ0) is 13.7. The average molecular weight is 261 g/mol. The van der Waals surface area contributed by atoms with Crippen LogP contribution in [0.5, 0.6) is 0 Å². The van der Waals surface area contributed by atoms with Crippen LogP contribution in [0.3, 0.4) is 0 Å². The van der Waals surface area contributed by atoms with E-state index in [9.17, 15) is 4.79 Å². The van der Waals surface area contributed by atoms with Gasteiger partial charge in [0.05, 0.1) is 0 Å². The summed E-state index contributed by atoms with van der Waals surface area (Å²) in [6.07, 6.45) is 4.21. The Morgan fingerprint density at radius 2 is 2.26 bits per heavy atom. The summed E-state index contributed by atoms with van der Waals surface area (Å²) in [7, 11) is 2.13. The van der Waals surface area contributed by atoms with E-state index in [2.05, 4.69) is 17.3 Å². The first kappa shape index (κ1) is 13.9. The monoisotopic (exact) mass is 261 g/mol. The molecule has 1 aromatic carbocycles. The molecule has 19 heavy (non-hydrogen) atoms. The number of hydrogen-bond donors (Lipinski definition) is 2. The van der Waals surface area contributed by atoms with Gasteiger partial charge in [-0.2, -0.15) is 0 Å². The van der Waals surface area contributed by atoms with Crippen LogP contribution in [0.1, 0.15) is 25.7 Å². The number of hydrogen-bond acceptors (Lipinski definition) is 3. The van der Waals surface area contributed by atoms with Crippen molar-refractivity contribution in [2.24, 2.45) is 5.92 Å². The molecule has 104 valence electrons. The summed E-state index contributed by atoms with van der Waals surface area (Å²) in [5.41, 5.74) is 7.11. The van der Waals surface area contributed by atoms with E-state index in [4.69, 9.17) is 5.73 Å². The van der Waals surface area contributed by atoms with Crippen molar-refractivity contribution >= 4 is 17.3 Å². The van der Waals surface area contributed by atoms with Gasteiger partial charge >= 0.3 is 0 Å². The normalized spacial score (nSPS) is 14.6. The third-order valence-corrected chi connectivity index (χ3v) is 3.38. The largest absolute Gasteiger partial charge is 0.399 e. The maximum atomic E-state index is 11.8. The van der Waals surface area contributed by atoms with E-state index in [1.165, 1.54) is 19.4 Å². The number of nitrogen functional groups attached to an aromatic ring is 1. The molecule has 1 aliphatic rings. The van der Waals surface area contributed by atoms with Crippen LogP contribution in [0.4, 0.5) is 11.4 Å². The second kappa shape index (κ2) is 6.57. The van der Waals surface area contributed by atoms with Crippen LogP contribution < -0.4 is 11.1 Å². The van der Waals surface area contributed by atoms with E-state index in [0.717, 1.165) is 24.6 Å². The van der Waals surface area contributed by atoms with Crippen LogP contribution in [-0.2, 0) is 4.79 Å². The Morgan fingerprint density at radius 3 is 2.95 bits per heavy atom. The second-order valence-electron chi connectivity index (χ2n) is 5.48. The Kier molecular flexibility index (Phi) is 4.80. The first-order valence-corrected chi connectivity index (χ1v) is 6.97. The van der Waals surface area contributed by atoms with Crippen molar-refractivity contribution in [3.63, 3.8) is 0 Å². The molecule has 4 nitrogen and oxygen atoms in total. The highest BCUT2D eigenvalue weighted by Crippen LogP contribution is 2.29. The molecule has 0 saturated heterocycles. The van der Waals surface area contributed by atoms with Crippen LogP contribution in [0.15, 0.2) is 24.3 Å². The minimum absolute atomic E-state index is 0.0606. The highest BCUT2D eigenvalue weighted by molar-refractivity contribution is 5.91. The van der Waals surface area contributed by atoms with Gasteiger partial charge in [0.2, 0.25) is 5.91 Å².